The van der Waals surface area contributed by atoms with E-state index >= 15 is 0 Å². The van der Waals surface area contributed by atoms with Gasteiger partial charge in [-0.2, -0.15) is 0 Å². The molecular weight excluding hydrogens is 100 g/mol. The van der Waals surface area contributed by atoms with Crippen LogP contribution in [0.2, 0.25) is 0 Å². The topological polar surface area (TPSA) is 38.0 Å². The molecule has 8 heavy (non-hydrogen) atoms. The molecule has 1 aliphatic carbocycles. The van der Waals surface area contributed by atoms with Crippen LogP contribution in [-0.4, -0.2) is 13.6 Å². The van der Waals surface area contributed by atoms with E-state index in [9.17, 15) is 0 Å². The van der Waals surface area contributed by atoms with Crippen molar-refractivity contribution in [3.63, 3.8) is 0 Å². The molecule has 0 radical (unpaired) electrons. The van der Waals surface area contributed by atoms with Crippen LogP contribution in [-0.2, 0) is 0 Å². The van der Waals surface area contributed by atoms with Crippen LogP contribution >= 0.6 is 0 Å². The number of rotatable bonds is 2. The van der Waals surface area contributed by atoms with Crippen molar-refractivity contribution in [3.05, 3.63) is 17.0 Å². The fourth-order valence-electron chi connectivity index (χ4n) is 0.683. The van der Waals surface area contributed by atoms with Crippen LogP contribution in [0, 0.1) is 0 Å². The molecular formula is C6H10N2. The Labute approximate surface area is 49.1 Å². The van der Waals surface area contributed by atoms with E-state index in [-0.39, 0.29) is 0 Å². The van der Waals surface area contributed by atoms with Gasteiger partial charge in [0.1, 0.15) is 0 Å². The molecule has 0 spiro atoms. The van der Waals surface area contributed by atoms with Crippen LogP contribution in [0.4, 0.5) is 0 Å². The van der Waals surface area contributed by atoms with Gasteiger partial charge >= 0.3 is 0 Å². The highest BCUT2D eigenvalue weighted by atomic mass is 14.8. The van der Waals surface area contributed by atoms with E-state index < -0.39 is 0 Å². The van der Waals surface area contributed by atoms with E-state index in [2.05, 4.69) is 11.0 Å². The molecule has 0 aromatic carbocycles. The lowest BCUT2D eigenvalue weighted by Gasteiger charge is -2.12. The monoisotopic (exact) mass is 110 g/mol. The smallest absolute Gasteiger partial charge is 0.0583 e. The molecule has 3 N–H and O–H groups in total. The van der Waals surface area contributed by atoms with Crippen molar-refractivity contribution >= 4 is 0 Å². The van der Waals surface area contributed by atoms with Crippen LogP contribution in [0.1, 0.15) is 6.42 Å². The van der Waals surface area contributed by atoms with Gasteiger partial charge in [0.15, 0.2) is 0 Å². The Morgan fingerprint density at radius 3 is 2.88 bits per heavy atom. The van der Waals surface area contributed by atoms with Crippen molar-refractivity contribution in [1.29, 1.82) is 0 Å². The van der Waals surface area contributed by atoms with Gasteiger partial charge in [-0.05, 0) is 5.57 Å². The molecule has 0 fully saturated rings. The summed E-state index contributed by atoms with van der Waals surface area (Å²) in [6.07, 6.45) is 1.01. The zero-order valence-electron chi connectivity index (χ0n) is 4.99. The van der Waals surface area contributed by atoms with Gasteiger partial charge in [-0.1, -0.05) is 5.73 Å². The molecule has 2 nitrogen and oxygen atoms in total. The zero-order valence-corrected chi connectivity index (χ0v) is 4.99. The average Bonchev–Trinajstić information content (AvgIpc) is 1.65. The van der Waals surface area contributed by atoms with Gasteiger partial charge in [0.05, 0.1) is 5.70 Å². The maximum Gasteiger partial charge on any atom is 0.0583 e. The first-order valence-corrected chi connectivity index (χ1v) is 2.72. The minimum absolute atomic E-state index is 0.658. The van der Waals surface area contributed by atoms with Crippen LogP contribution in [0.3, 0.4) is 0 Å². The molecule has 44 valence electrons. The van der Waals surface area contributed by atoms with Crippen molar-refractivity contribution < 1.29 is 0 Å². The first kappa shape index (κ1) is 5.42. The summed E-state index contributed by atoms with van der Waals surface area (Å²) in [6, 6.07) is 0. The molecule has 0 bridgehead atoms. The summed E-state index contributed by atoms with van der Waals surface area (Å²) in [5.41, 5.74) is 10.8. The molecule has 1 aliphatic rings. The molecule has 0 aromatic rings. The number of nitrogens with one attached hydrogen (secondary N) is 1. The molecule has 0 saturated carbocycles. The minimum atomic E-state index is 0.658. The summed E-state index contributed by atoms with van der Waals surface area (Å²) in [6.45, 7) is 0.658. The molecule has 0 heterocycles. The Morgan fingerprint density at radius 1 is 1.88 bits per heavy atom. The lowest BCUT2D eigenvalue weighted by Crippen LogP contribution is -2.15. The van der Waals surface area contributed by atoms with Crippen molar-refractivity contribution in [2.24, 2.45) is 5.73 Å². The van der Waals surface area contributed by atoms with Crippen molar-refractivity contribution in [1.82, 2.24) is 5.32 Å². The van der Waals surface area contributed by atoms with Crippen molar-refractivity contribution in [2.75, 3.05) is 13.6 Å². The normalized spacial score (nSPS) is 16.2. The van der Waals surface area contributed by atoms with Crippen molar-refractivity contribution in [2.45, 2.75) is 6.42 Å². The molecule has 0 atom stereocenters. The molecule has 1 rings (SSSR count). The standard InChI is InChI=1S/C6H10N2/c1-8-6-2-5(3-6)4-7/h8H,2,4,7H2,1H3. The Kier molecular flexibility index (Phi) is 1.38. The Hall–Kier alpha value is -0.720. The first-order valence-electron chi connectivity index (χ1n) is 2.72. The quantitative estimate of drug-likeness (QED) is 0.490. The fraction of sp³-hybridized carbons (Fsp3) is 0.500. The lowest BCUT2D eigenvalue weighted by atomic mass is 10.0. The van der Waals surface area contributed by atoms with Gasteiger partial charge in [0.2, 0.25) is 0 Å². The van der Waals surface area contributed by atoms with Gasteiger partial charge in [0.25, 0.3) is 0 Å². The van der Waals surface area contributed by atoms with Crippen LogP contribution < -0.4 is 11.1 Å². The van der Waals surface area contributed by atoms with Gasteiger partial charge in [-0.25, -0.2) is 0 Å². The first-order chi connectivity index (χ1) is 3.86. The van der Waals surface area contributed by atoms with E-state index in [1.54, 1.807) is 0 Å². The largest absolute Gasteiger partial charge is 0.385 e. The maximum atomic E-state index is 5.31. The highest BCUT2D eigenvalue weighted by Gasteiger charge is 2.05. The van der Waals surface area contributed by atoms with Crippen LogP contribution in [0.25, 0.3) is 0 Å². The SMILES string of the molecule is CNC1=C=C(CN)C1. The molecule has 0 aromatic heterocycles. The molecule has 0 saturated heterocycles. The summed E-state index contributed by atoms with van der Waals surface area (Å²) in [5, 5.41) is 2.99. The molecule has 0 aliphatic heterocycles. The Balaban J connectivity index is 2.55. The van der Waals surface area contributed by atoms with E-state index in [0.29, 0.717) is 6.54 Å². The third-order valence-electron chi connectivity index (χ3n) is 1.27. The summed E-state index contributed by atoms with van der Waals surface area (Å²) in [5.74, 6) is 0. The van der Waals surface area contributed by atoms with Crippen LogP contribution in [0.5, 0.6) is 0 Å². The summed E-state index contributed by atoms with van der Waals surface area (Å²) in [4.78, 5) is 0. The highest BCUT2D eigenvalue weighted by molar-refractivity contribution is 5.25. The van der Waals surface area contributed by atoms with Gasteiger partial charge in [0, 0.05) is 20.0 Å². The molecule has 0 unspecified atom stereocenters. The number of nitrogens with two attached hydrogens (primary N) is 1. The average molecular weight is 110 g/mol. The predicted molar refractivity (Wildman–Crippen MR) is 33.3 cm³/mol. The number of hydrogen-bond donors (Lipinski definition) is 2. The third kappa shape index (κ3) is 0.760. The summed E-state index contributed by atoms with van der Waals surface area (Å²) in [7, 11) is 1.90. The zero-order chi connectivity index (χ0) is 5.98. The Morgan fingerprint density at radius 2 is 2.50 bits per heavy atom. The van der Waals surface area contributed by atoms with Gasteiger partial charge < -0.3 is 11.1 Å². The second kappa shape index (κ2) is 2.03. The summed E-state index contributed by atoms with van der Waals surface area (Å²) >= 11 is 0. The van der Waals surface area contributed by atoms with E-state index in [4.69, 9.17) is 5.73 Å². The Bertz CT molecular complexity index is 138. The number of hydrogen-bond acceptors (Lipinski definition) is 2. The second-order valence-electron chi connectivity index (χ2n) is 1.84. The highest BCUT2D eigenvalue weighted by Crippen LogP contribution is 2.13. The van der Waals surface area contributed by atoms with Gasteiger partial charge in [-0.15, -0.1) is 0 Å². The molecule has 2 heteroatoms. The third-order valence-corrected chi connectivity index (χ3v) is 1.27. The van der Waals surface area contributed by atoms with Crippen molar-refractivity contribution in [3.8, 4) is 0 Å². The van der Waals surface area contributed by atoms with Gasteiger partial charge in [-0.3, -0.25) is 0 Å². The minimum Gasteiger partial charge on any atom is -0.385 e. The van der Waals surface area contributed by atoms with E-state index in [1.165, 1.54) is 11.3 Å². The maximum absolute atomic E-state index is 5.31. The van der Waals surface area contributed by atoms with E-state index in [0.717, 1.165) is 6.42 Å². The lowest BCUT2D eigenvalue weighted by molar-refractivity contribution is 0.853. The van der Waals surface area contributed by atoms with Crippen LogP contribution in [0.15, 0.2) is 17.0 Å². The second-order valence-corrected chi connectivity index (χ2v) is 1.84. The molecule has 0 amide bonds. The van der Waals surface area contributed by atoms with E-state index in [1.807, 2.05) is 7.05 Å². The predicted octanol–water partition coefficient (Wildman–Crippen LogP) is -0.0226. The fourth-order valence-corrected chi connectivity index (χ4v) is 0.683. The summed E-state index contributed by atoms with van der Waals surface area (Å²) < 4.78 is 0.